The maximum Gasteiger partial charge on any atom is 0.508 e. The highest BCUT2D eigenvalue weighted by Crippen LogP contribution is 2.35. The molecular weight excluding hydrogens is 332 g/mol. The number of carbonyl (C=O) groups excluding carboxylic acids is 1. The largest absolute Gasteiger partial charge is 0.508 e. The number of hydrogen-bond donors (Lipinski definition) is 1. The third kappa shape index (κ3) is 3.94. The smallest absolute Gasteiger partial charge is 0.435 e. The topological polar surface area (TPSA) is 92.7 Å². The van der Waals surface area contributed by atoms with Gasteiger partial charge in [0.1, 0.15) is 18.3 Å². The van der Waals surface area contributed by atoms with Crippen LogP contribution in [0.4, 0.5) is 4.79 Å². The Hall–Kier alpha value is -1.71. The zero-order valence-corrected chi connectivity index (χ0v) is 14.1. The summed E-state index contributed by atoms with van der Waals surface area (Å²) in [6.45, 7) is 2.03. The highest BCUT2D eigenvalue weighted by atomic mass is 16.8. The summed E-state index contributed by atoms with van der Waals surface area (Å²) in [5.41, 5.74) is 0.824. The molecule has 2 saturated heterocycles. The van der Waals surface area contributed by atoms with Crippen LogP contribution in [0.3, 0.4) is 0 Å². The van der Waals surface area contributed by atoms with Crippen LogP contribution in [0.2, 0.25) is 0 Å². The lowest BCUT2D eigenvalue weighted by Crippen LogP contribution is -2.63. The first-order valence-electron chi connectivity index (χ1n) is 8.15. The third-order valence-corrected chi connectivity index (χ3v) is 4.11. The van der Waals surface area contributed by atoms with Gasteiger partial charge in [0.05, 0.1) is 13.2 Å². The first kappa shape index (κ1) is 18.1. The molecule has 0 saturated carbocycles. The van der Waals surface area contributed by atoms with E-state index in [0.717, 1.165) is 5.56 Å². The van der Waals surface area contributed by atoms with Crippen LogP contribution in [0.1, 0.15) is 18.8 Å². The molecule has 0 amide bonds. The standard InChI is InChI=1S/C17H22O8/c1-3-21-17(19)25-14-12(18)13-11(23-16(14)20-2)9-22-15(24-13)10-7-5-4-6-8-10/h4-8,11-16,18H,3,9H2,1-2H3/t11-,12-,13+,14+,15+,16+/m1/s1. The molecule has 8 nitrogen and oxygen atoms in total. The van der Waals surface area contributed by atoms with E-state index in [2.05, 4.69) is 0 Å². The van der Waals surface area contributed by atoms with Gasteiger partial charge in [-0.2, -0.15) is 0 Å². The minimum absolute atomic E-state index is 0.159. The second-order valence-corrected chi connectivity index (χ2v) is 5.71. The molecule has 0 spiro atoms. The second-order valence-electron chi connectivity index (χ2n) is 5.71. The molecular formula is C17H22O8. The van der Waals surface area contributed by atoms with Crippen molar-refractivity contribution in [3.8, 4) is 0 Å². The first-order valence-corrected chi connectivity index (χ1v) is 8.15. The van der Waals surface area contributed by atoms with E-state index in [1.165, 1.54) is 7.11 Å². The van der Waals surface area contributed by atoms with E-state index in [1.54, 1.807) is 6.92 Å². The second kappa shape index (κ2) is 8.11. The van der Waals surface area contributed by atoms with E-state index in [0.29, 0.717) is 0 Å². The number of hydrogen-bond acceptors (Lipinski definition) is 8. The zero-order chi connectivity index (χ0) is 17.8. The molecule has 8 heteroatoms. The summed E-state index contributed by atoms with van der Waals surface area (Å²) >= 11 is 0. The van der Waals surface area contributed by atoms with Gasteiger partial charge in [-0.1, -0.05) is 30.3 Å². The Labute approximate surface area is 145 Å². The number of carbonyl (C=O) groups is 1. The number of fused-ring (bicyclic) bond motifs is 1. The molecule has 0 bridgehead atoms. The average molecular weight is 354 g/mol. The summed E-state index contributed by atoms with van der Waals surface area (Å²) in [6.07, 6.45) is -5.97. The number of methoxy groups -OCH3 is 1. The predicted molar refractivity (Wildman–Crippen MR) is 83.6 cm³/mol. The summed E-state index contributed by atoms with van der Waals surface area (Å²) in [6, 6.07) is 9.36. The Bertz CT molecular complexity index is 565. The molecule has 2 fully saturated rings. The summed E-state index contributed by atoms with van der Waals surface area (Å²) < 4.78 is 32.4. The number of aliphatic hydroxyl groups excluding tert-OH is 1. The quantitative estimate of drug-likeness (QED) is 0.811. The van der Waals surface area contributed by atoms with Gasteiger partial charge in [-0.3, -0.25) is 0 Å². The number of benzene rings is 1. The van der Waals surface area contributed by atoms with Crippen molar-refractivity contribution >= 4 is 6.16 Å². The molecule has 138 valence electrons. The van der Waals surface area contributed by atoms with Crippen LogP contribution in [-0.2, 0) is 28.4 Å². The van der Waals surface area contributed by atoms with E-state index >= 15 is 0 Å². The van der Waals surface area contributed by atoms with Crippen molar-refractivity contribution in [3.63, 3.8) is 0 Å². The zero-order valence-electron chi connectivity index (χ0n) is 14.1. The summed E-state index contributed by atoms with van der Waals surface area (Å²) in [5, 5.41) is 10.7. The fraction of sp³-hybridized carbons (Fsp3) is 0.588. The lowest BCUT2D eigenvalue weighted by molar-refractivity contribution is -0.358. The van der Waals surface area contributed by atoms with Crippen LogP contribution in [0.25, 0.3) is 0 Å². The molecule has 0 aromatic heterocycles. The SMILES string of the molecule is CCOC(=O)O[C@@H]1[C@@H](OC)O[C@@H]2CO[C@H](c3ccccc3)O[C@@H]2[C@H]1O. The van der Waals surface area contributed by atoms with Crippen LogP contribution in [0.5, 0.6) is 0 Å². The van der Waals surface area contributed by atoms with E-state index in [1.807, 2.05) is 30.3 Å². The molecule has 1 aromatic rings. The van der Waals surface area contributed by atoms with Gasteiger partial charge in [0, 0.05) is 12.7 Å². The molecule has 0 radical (unpaired) electrons. The molecule has 0 unspecified atom stereocenters. The van der Waals surface area contributed by atoms with E-state index in [-0.39, 0.29) is 13.2 Å². The summed E-state index contributed by atoms with van der Waals surface area (Å²) in [5.74, 6) is 0. The van der Waals surface area contributed by atoms with Crippen LogP contribution in [0, 0.1) is 0 Å². The summed E-state index contributed by atoms with van der Waals surface area (Å²) in [4.78, 5) is 11.6. The molecule has 1 aromatic carbocycles. The Morgan fingerprint density at radius 1 is 1.28 bits per heavy atom. The van der Waals surface area contributed by atoms with Crippen LogP contribution in [0.15, 0.2) is 30.3 Å². The highest BCUT2D eigenvalue weighted by molar-refractivity contribution is 5.60. The van der Waals surface area contributed by atoms with Gasteiger partial charge < -0.3 is 33.5 Å². The molecule has 3 rings (SSSR count). The predicted octanol–water partition coefficient (Wildman–Crippen LogP) is 1.37. The van der Waals surface area contributed by atoms with Gasteiger partial charge in [-0.25, -0.2) is 4.79 Å². The van der Waals surface area contributed by atoms with Gasteiger partial charge in [-0.15, -0.1) is 0 Å². The van der Waals surface area contributed by atoms with Crippen molar-refractivity contribution in [2.75, 3.05) is 20.3 Å². The monoisotopic (exact) mass is 354 g/mol. The van der Waals surface area contributed by atoms with Gasteiger partial charge in [0.15, 0.2) is 18.7 Å². The molecule has 2 heterocycles. The minimum atomic E-state index is -1.15. The number of aliphatic hydroxyl groups is 1. The number of ether oxygens (including phenoxy) is 6. The van der Waals surface area contributed by atoms with Gasteiger partial charge >= 0.3 is 6.16 Å². The molecule has 1 N–H and O–H groups in total. The Morgan fingerprint density at radius 3 is 2.72 bits per heavy atom. The fourth-order valence-corrected chi connectivity index (χ4v) is 2.92. The van der Waals surface area contributed by atoms with Crippen molar-refractivity contribution in [1.82, 2.24) is 0 Å². The average Bonchev–Trinajstić information content (AvgIpc) is 2.64. The first-order chi connectivity index (χ1) is 12.1. The maximum atomic E-state index is 11.6. The van der Waals surface area contributed by atoms with Gasteiger partial charge in [0.2, 0.25) is 0 Å². The fourth-order valence-electron chi connectivity index (χ4n) is 2.92. The lowest BCUT2D eigenvalue weighted by atomic mass is 9.97. The van der Waals surface area contributed by atoms with Crippen molar-refractivity contribution in [2.24, 2.45) is 0 Å². The maximum absolute atomic E-state index is 11.6. The normalized spacial score (nSPS) is 34.8. The molecule has 0 aliphatic carbocycles. The molecule has 2 aliphatic heterocycles. The third-order valence-electron chi connectivity index (χ3n) is 4.11. The molecule has 25 heavy (non-hydrogen) atoms. The molecule has 6 atom stereocenters. The van der Waals surface area contributed by atoms with Crippen LogP contribution < -0.4 is 0 Å². The van der Waals surface area contributed by atoms with Crippen LogP contribution >= 0.6 is 0 Å². The van der Waals surface area contributed by atoms with Gasteiger partial charge in [0.25, 0.3) is 0 Å². The van der Waals surface area contributed by atoms with Crippen molar-refractivity contribution in [3.05, 3.63) is 35.9 Å². The van der Waals surface area contributed by atoms with Crippen molar-refractivity contribution < 1.29 is 38.3 Å². The lowest BCUT2D eigenvalue weighted by Gasteiger charge is -2.46. The highest BCUT2D eigenvalue weighted by Gasteiger charge is 2.51. The summed E-state index contributed by atoms with van der Waals surface area (Å²) in [7, 11) is 1.40. The van der Waals surface area contributed by atoms with E-state index < -0.39 is 43.2 Å². The molecule has 2 aliphatic rings. The van der Waals surface area contributed by atoms with Crippen molar-refractivity contribution in [1.29, 1.82) is 0 Å². The van der Waals surface area contributed by atoms with E-state index in [9.17, 15) is 9.90 Å². The van der Waals surface area contributed by atoms with Crippen LogP contribution in [-0.4, -0.2) is 62.3 Å². The Balaban J connectivity index is 1.72. The number of rotatable bonds is 4. The minimum Gasteiger partial charge on any atom is -0.435 e. The Kier molecular flexibility index (Phi) is 5.87. The van der Waals surface area contributed by atoms with Crippen molar-refractivity contribution in [2.45, 2.75) is 43.9 Å². The van der Waals surface area contributed by atoms with Gasteiger partial charge in [-0.05, 0) is 6.92 Å². The Morgan fingerprint density at radius 2 is 2.04 bits per heavy atom. The van der Waals surface area contributed by atoms with E-state index in [4.69, 9.17) is 28.4 Å².